The Kier molecular flexibility index (Phi) is 5.94. The molecule has 2 unspecified atom stereocenters. The van der Waals surface area contributed by atoms with Crippen LogP contribution >= 0.6 is 11.6 Å². The first-order chi connectivity index (χ1) is 16.3. The van der Waals surface area contributed by atoms with Gasteiger partial charge in [-0.3, -0.25) is 9.59 Å². The fraction of sp³-hybridized carbons (Fsp3) is 0.370. The van der Waals surface area contributed by atoms with Crippen LogP contribution in [0.4, 0.5) is 0 Å². The summed E-state index contributed by atoms with van der Waals surface area (Å²) in [5, 5.41) is 5.37. The van der Waals surface area contributed by atoms with E-state index in [2.05, 4.69) is 13.8 Å². The average Bonchev–Trinajstić information content (AvgIpc) is 3.49. The van der Waals surface area contributed by atoms with Gasteiger partial charge in [-0.15, -0.1) is 0 Å². The van der Waals surface area contributed by atoms with E-state index in [1.165, 1.54) is 0 Å². The number of nitrogens with zero attached hydrogens (tertiary/aromatic N) is 4. The van der Waals surface area contributed by atoms with Crippen LogP contribution in [0.15, 0.2) is 54.6 Å². The summed E-state index contributed by atoms with van der Waals surface area (Å²) in [5.41, 5.74) is 4.36. The van der Waals surface area contributed by atoms with Crippen LogP contribution in [0.5, 0.6) is 0 Å². The largest absolute Gasteiger partial charge is 0.340 e. The van der Waals surface area contributed by atoms with Crippen molar-refractivity contribution in [1.82, 2.24) is 19.6 Å². The predicted molar refractivity (Wildman–Crippen MR) is 132 cm³/mol. The molecule has 3 heterocycles. The molecule has 7 heteroatoms. The smallest absolute Gasteiger partial charge is 0.273 e. The Morgan fingerprint density at radius 2 is 1.91 bits per heavy atom. The van der Waals surface area contributed by atoms with Gasteiger partial charge in [-0.05, 0) is 49.1 Å². The van der Waals surface area contributed by atoms with Crippen molar-refractivity contribution in [2.24, 2.45) is 5.92 Å². The molecule has 3 aromatic rings. The third kappa shape index (κ3) is 3.90. The van der Waals surface area contributed by atoms with E-state index in [9.17, 15) is 9.59 Å². The van der Waals surface area contributed by atoms with E-state index < -0.39 is 0 Å². The fourth-order valence-corrected chi connectivity index (χ4v) is 5.63. The third-order valence-corrected chi connectivity index (χ3v) is 7.16. The molecule has 5 rings (SSSR count). The van der Waals surface area contributed by atoms with Gasteiger partial charge in [-0.1, -0.05) is 55.8 Å². The maximum atomic E-state index is 13.9. The summed E-state index contributed by atoms with van der Waals surface area (Å²) in [6.07, 6.45) is 1.09. The molecule has 176 valence electrons. The molecule has 34 heavy (non-hydrogen) atoms. The Balaban J connectivity index is 1.40. The Labute approximate surface area is 205 Å². The number of benzene rings is 2. The van der Waals surface area contributed by atoms with Crippen LogP contribution in [-0.4, -0.2) is 50.5 Å². The Morgan fingerprint density at radius 1 is 1.15 bits per heavy atom. The number of rotatable bonds is 5. The van der Waals surface area contributed by atoms with E-state index in [1.807, 2.05) is 71.3 Å². The van der Waals surface area contributed by atoms with Crippen molar-refractivity contribution in [1.29, 1.82) is 0 Å². The monoisotopic (exact) mass is 476 g/mol. The molecule has 2 aliphatic rings. The van der Waals surface area contributed by atoms with Crippen molar-refractivity contribution in [2.75, 3.05) is 13.1 Å². The number of aryl methyl sites for hydroxylation is 1. The quantitative estimate of drug-likeness (QED) is 0.530. The van der Waals surface area contributed by atoms with Crippen molar-refractivity contribution in [3.05, 3.63) is 82.1 Å². The van der Waals surface area contributed by atoms with E-state index in [1.54, 1.807) is 4.68 Å². The SMILES string of the molecule is Cc1nn(-c2ccccc2)c2c1C(C(C)C)N(C1CCN(C(=O)Cc3cccc(Cl)c3)C1)C2=O. The molecular weight excluding hydrogens is 448 g/mol. The molecule has 1 fully saturated rings. The first-order valence-electron chi connectivity index (χ1n) is 11.8. The van der Waals surface area contributed by atoms with Crippen molar-refractivity contribution < 1.29 is 9.59 Å². The zero-order chi connectivity index (χ0) is 24.0. The summed E-state index contributed by atoms with van der Waals surface area (Å²) in [5.74, 6) is 0.308. The molecule has 0 aliphatic carbocycles. The lowest BCUT2D eigenvalue weighted by atomic mass is 9.95. The number of aromatic nitrogens is 2. The first kappa shape index (κ1) is 22.7. The van der Waals surface area contributed by atoms with Gasteiger partial charge in [-0.25, -0.2) is 4.68 Å². The molecule has 0 saturated carbocycles. The summed E-state index contributed by atoms with van der Waals surface area (Å²) in [6, 6.07) is 17.2. The molecular formula is C27H29ClN4O2. The van der Waals surface area contributed by atoms with Crippen molar-refractivity contribution in [2.45, 2.75) is 45.7 Å². The Bertz CT molecular complexity index is 1240. The maximum absolute atomic E-state index is 13.9. The lowest BCUT2D eigenvalue weighted by molar-refractivity contribution is -0.129. The number of likely N-dealkylation sites (tertiary alicyclic amines) is 1. The number of carbonyl (C=O) groups excluding carboxylic acids is 2. The van der Waals surface area contributed by atoms with Gasteiger partial charge in [-0.2, -0.15) is 5.10 Å². The van der Waals surface area contributed by atoms with Gasteiger partial charge in [0, 0.05) is 23.7 Å². The Hall–Kier alpha value is -3.12. The number of hydrogen-bond acceptors (Lipinski definition) is 3. The second kappa shape index (κ2) is 8.91. The summed E-state index contributed by atoms with van der Waals surface area (Å²) >= 11 is 6.09. The zero-order valence-electron chi connectivity index (χ0n) is 19.7. The molecule has 2 atom stereocenters. The van der Waals surface area contributed by atoms with Crippen LogP contribution in [0.25, 0.3) is 5.69 Å². The number of carbonyl (C=O) groups is 2. The summed E-state index contributed by atoms with van der Waals surface area (Å²) in [6.45, 7) is 7.49. The normalized spacial score (nSPS) is 19.9. The van der Waals surface area contributed by atoms with Crippen LogP contribution < -0.4 is 0 Å². The topological polar surface area (TPSA) is 58.4 Å². The number of fused-ring (bicyclic) bond motifs is 1. The van der Waals surface area contributed by atoms with E-state index in [-0.39, 0.29) is 29.8 Å². The standard InChI is InChI=1S/C27H29ClN4O2/c1-17(2)25-24-18(3)29-32(21-10-5-4-6-11-21)26(24)27(34)31(25)22-12-13-30(16-22)23(33)15-19-8-7-9-20(28)14-19/h4-11,14,17,22,25H,12-13,15-16H2,1-3H3. The maximum Gasteiger partial charge on any atom is 0.273 e. The number of para-hydroxylation sites is 1. The third-order valence-electron chi connectivity index (χ3n) is 6.93. The van der Waals surface area contributed by atoms with Crippen LogP contribution in [0.1, 0.15) is 53.6 Å². The average molecular weight is 477 g/mol. The van der Waals surface area contributed by atoms with Crippen molar-refractivity contribution in [3.8, 4) is 5.69 Å². The second-order valence-electron chi connectivity index (χ2n) is 9.59. The molecule has 2 aromatic carbocycles. The van der Waals surface area contributed by atoms with E-state index in [4.69, 9.17) is 16.7 Å². The minimum Gasteiger partial charge on any atom is -0.340 e. The highest BCUT2D eigenvalue weighted by Crippen LogP contribution is 2.43. The van der Waals surface area contributed by atoms with Crippen molar-refractivity contribution >= 4 is 23.4 Å². The molecule has 2 aliphatic heterocycles. The van der Waals surface area contributed by atoms with Gasteiger partial charge in [0.15, 0.2) is 0 Å². The molecule has 0 bridgehead atoms. The summed E-state index contributed by atoms with van der Waals surface area (Å²) in [7, 11) is 0. The molecule has 0 radical (unpaired) electrons. The lowest BCUT2D eigenvalue weighted by Gasteiger charge is -2.33. The van der Waals surface area contributed by atoms with Crippen molar-refractivity contribution in [3.63, 3.8) is 0 Å². The van der Waals surface area contributed by atoms with Crippen LogP contribution in [-0.2, 0) is 11.2 Å². The van der Waals surface area contributed by atoms with Gasteiger partial charge in [0.1, 0.15) is 5.69 Å². The highest BCUT2D eigenvalue weighted by Gasteiger charge is 2.48. The number of amides is 2. The fourth-order valence-electron chi connectivity index (χ4n) is 5.42. The predicted octanol–water partition coefficient (Wildman–Crippen LogP) is 4.83. The molecule has 6 nitrogen and oxygen atoms in total. The molecule has 0 spiro atoms. The zero-order valence-corrected chi connectivity index (χ0v) is 20.5. The van der Waals surface area contributed by atoms with Crippen LogP contribution in [0, 0.1) is 12.8 Å². The molecule has 1 aromatic heterocycles. The first-order valence-corrected chi connectivity index (χ1v) is 12.2. The van der Waals surface area contributed by atoms with Crippen LogP contribution in [0.2, 0.25) is 5.02 Å². The summed E-state index contributed by atoms with van der Waals surface area (Å²) < 4.78 is 1.79. The number of hydrogen-bond donors (Lipinski definition) is 0. The van der Waals surface area contributed by atoms with Gasteiger partial charge in [0.05, 0.1) is 29.9 Å². The van der Waals surface area contributed by atoms with Gasteiger partial charge < -0.3 is 9.80 Å². The lowest BCUT2D eigenvalue weighted by Crippen LogP contribution is -2.43. The Morgan fingerprint density at radius 3 is 2.62 bits per heavy atom. The number of halogens is 1. The summed E-state index contributed by atoms with van der Waals surface area (Å²) in [4.78, 5) is 30.8. The van der Waals surface area contributed by atoms with Gasteiger partial charge >= 0.3 is 0 Å². The van der Waals surface area contributed by atoms with E-state index in [0.717, 1.165) is 28.9 Å². The molecule has 0 N–H and O–H groups in total. The minimum atomic E-state index is -0.0482. The highest BCUT2D eigenvalue weighted by atomic mass is 35.5. The van der Waals surface area contributed by atoms with Gasteiger partial charge in [0.25, 0.3) is 5.91 Å². The second-order valence-corrected chi connectivity index (χ2v) is 10.0. The highest BCUT2D eigenvalue weighted by molar-refractivity contribution is 6.30. The molecule has 1 saturated heterocycles. The molecule has 2 amide bonds. The van der Waals surface area contributed by atoms with Crippen LogP contribution in [0.3, 0.4) is 0 Å². The van der Waals surface area contributed by atoms with E-state index >= 15 is 0 Å². The van der Waals surface area contributed by atoms with Gasteiger partial charge in [0.2, 0.25) is 5.91 Å². The minimum absolute atomic E-state index is 0.00675. The van der Waals surface area contributed by atoms with E-state index in [0.29, 0.717) is 30.2 Å².